The van der Waals surface area contributed by atoms with Crippen LogP contribution in [0, 0.1) is 0 Å². The quantitative estimate of drug-likeness (QED) is 0.682. The Labute approximate surface area is 92.0 Å². The monoisotopic (exact) mass is 224 g/mol. The summed E-state index contributed by atoms with van der Waals surface area (Å²) in [6, 6.07) is 0.415. The average Bonchev–Trinajstić information content (AvgIpc) is 2.75. The molecule has 2 heterocycles. The Morgan fingerprint density at radius 2 is 2.53 bits per heavy atom. The molecule has 0 aromatic heterocycles. The van der Waals surface area contributed by atoms with E-state index < -0.39 is 5.97 Å². The molecule has 3 aliphatic rings. The van der Waals surface area contributed by atoms with Gasteiger partial charge in [-0.2, -0.15) is 0 Å². The summed E-state index contributed by atoms with van der Waals surface area (Å²) in [4.78, 5) is 14.4. The highest BCUT2D eigenvalue weighted by atomic mass is 32.2. The molecule has 2 saturated heterocycles. The van der Waals surface area contributed by atoms with Crippen LogP contribution in [0.4, 0.5) is 0 Å². The topological polar surface area (TPSA) is 52.6 Å². The Morgan fingerprint density at radius 1 is 1.67 bits per heavy atom. The smallest absolute Gasteiger partial charge is 0.335 e. The molecule has 0 radical (unpaired) electrons. The normalized spacial score (nSPS) is 34.4. The third kappa shape index (κ3) is 1.42. The van der Waals surface area contributed by atoms with Crippen LogP contribution in [0.25, 0.3) is 0 Å². The van der Waals surface area contributed by atoms with Gasteiger partial charge in [0.25, 0.3) is 0 Å². The van der Waals surface area contributed by atoms with Crippen molar-refractivity contribution >= 4 is 17.7 Å². The molecule has 2 fully saturated rings. The van der Waals surface area contributed by atoms with Gasteiger partial charge >= 0.3 is 5.97 Å². The van der Waals surface area contributed by atoms with E-state index in [9.17, 15) is 4.79 Å². The van der Waals surface area contributed by atoms with Crippen LogP contribution in [0.15, 0.2) is 22.6 Å². The summed E-state index contributed by atoms with van der Waals surface area (Å²) < 4.78 is 0. The lowest BCUT2D eigenvalue weighted by Gasteiger charge is -2.22. The van der Waals surface area contributed by atoms with Gasteiger partial charge in [-0.1, -0.05) is 17.8 Å². The summed E-state index contributed by atoms with van der Waals surface area (Å²) in [5.74, 6) is -0.818. The van der Waals surface area contributed by atoms with Crippen LogP contribution in [0.2, 0.25) is 0 Å². The Morgan fingerprint density at radius 3 is 3.33 bits per heavy atom. The maximum atomic E-state index is 10.8. The van der Waals surface area contributed by atoms with Crippen LogP contribution >= 0.6 is 11.8 Å². The van der Waals surface area contributed by atoms with Gasteiger partial charge in [0.2, 0.25) is 0 Å². The van der Waals surface area contributed by atoms with E-state index in [4.69, 9.17) is 5.11 Å². The molecule has 0 bridgehead atoms. The third-order valence-electron chi connectivity index (χ3n) is 3.07. The van der Waals surface area contributed by atoms with Crippen LogP contribution in [0.3, 0.4) is 0 Å². The predicted molar refractivity (Wildman–Crippen MR) is 58.3 cm³/mol. The standard InChI is InChI=1S/C10H12N2O2S/c13-9(14)6-1-2-7-8(5-6)15-10-11-3-4-12(7)10/h1,5,7,10-11H,2-4H2,(H,13,14). The van der Waals surface area contributed by atoms with E-state index in [1.165, 1.54) is 4.91 Å². The maximum Gasteiger partial charge on any atom is 0.335 e. The lowest BCUT2D eigenvalue weighted by molar-refractivity contribution is -0.132. The first kappa shape index (κ1) is 9.45. The number of carboxylic acid groups (broad SMARTS) is 1. The number of carboxylic acids is 1. The third-order valence-corrected chi connectivity index (χ3v) is 4.40. The molecular weight excluding hydrogens is 212 g/mol. The van der Waals surface area contributed by atoms with Crippen LogP contribution in [-0.4, -0.2) is 40.6 Å². The summed E-state index contributed by atoms with van der Waals surface area (Å²) >= 11 is 1.76. The number of fused-ring (bicyclic) bond motifs is 3. The minimum atomic E-state index is -0.818. The van der Waals surface area contributed by atoms with Crippen molar-refractivity contribution in [2.75, 3.05) is 13.1 Å². The highest BCUT2D eigenvalue weighted by Crippen LogP contribution is 2.43. The summed E-state index contributed by atoms with van der Waals surface area (Å²) in [5.41, 5.74) is 0.803. The van der Waals surface area contributed by atoms with E-state index in [-0.39, 0.29) is 0 Å². The number of nitrogens with zero attached hydrogens (tertiary/aromatic N) is 1. The van der Waals surface area contributed by atoms with Crippen LogP contribution in [-0.2, 0) is 4.79 Å². The van der Waals surface area contributed by atoms with Gasteiger partial charge in [0.1, 0.15) is 5.50 Å². The molecule has 1 aliphatic carbocycles. The summed E-state index contributed by atoms with van der Waals surface area (Å²) in [6.07, 6.45) is 4.48. The maximum absolute atomic E-state index is 10.8. The first-order valence-corrected chi connectivity index (χ1v) is 5.94. The molecule has 2 N–H and O–H groups in total. The molecule has 0 spiro atoms. The molecule has 2 aliphatic heterocycles. The Bertz CT molecular complexity index is 378. The van der Waals surface area contributed by atoms with Crippen molar-refractivity contribution in [1.82, 2.24) is 10.2 Å². The van der Waals surface area contributed by atoms with Crippen LogP contribution in [0.1, 0.15) is 6.42 Å². The fraction of sp³-hybridized carbons (Fsp3) is 0.500. The van der Waals surface area contributed by atoms with E-state index >= 15 is 0 Å². The van der Waals surface area contributed by atoms with Gasteiger partial charge in [0.15, 0.2) is 0 Å². The Balaban J connectivity index is 1.87. The van der Waals surface area contributed by atoms with Gasteiger partial charge in [0.05, 0.1) is 5.57 Å². The van der Waals surface area contributed by atoms with E-state index in [1.54, 1.807) is 11.8 Å². The first-order valence-electron chi connectivity index (χ1n) is 5.06. The summed E-state index contributed by atoms with van der Waals surface area (Å²) in [6.45, 7) is 2.10. The van der Waals surface area contributed by atoms with Gasteiger partial charge in [-0.05, 0) is 12.5 Å². The highest BCUT2D eigenvalue weighted by Gasteiger charge is 2.41. The number of carbonyl (C=O) groups is 1. The van der Waals surface area contributed by atoms with Crippen molar-refractivity contribution < 1.29 is 9.90 Å². The average molecular weight is 224 g/mol. The molecule has 0 saturated carbocycles. The molecule has 0 amide bonds. The lowest BCUT2D eigenvalue weighted by atomic mass is 10.0. The number of rotatable bonds is 1. The SMILES string of the molecule is O=C(O)C1=CCC2C(=C1)SC1NCCN12. The van der Waals surface area contributed by atoms with E-state index in [1.807, 2.05) is 12.2 Å². The van der Waals surface area contributed by atoms with Crippen molar-refractivity contribution in [3.05, 3.63) is 22.6 Å². The van der Waals surface area contributed by atoms with Gasteiger partial charge in [0, 0.05) is 24.0 Å². The largest absolute Gasteiger partial charge is 0.478 e. The second-order valence-corrected chi connectivity index (χ2v) is 5.08. The summed E-state index contributed by atoms with van der Waals surface area (Å²) in [7, 11) is 0. The number of hydrogen-bond acceptors (Lipinski definition) is 4. The fourth-order valence-electron chi connectivity index (χ4n) is 2.33. The number of thioether (sulfide) groups is 1. The molecule has 5 heteroatoms. The van der Waals surface area contributed by atoms with Crippen molar-refractivity contribution in [2.45, 2.75) is 18.0 Å². The van der Waals surface area contributed by atoms with Crippen LogP contribution in [0.5, 0.6) is 0 Å². The number of hydrogen-bond donors (Lipinski definition) is 2. The molecule has 4 nitrogen and oxygen atoms in total. The van der Waals surface area contributed by atoms with E-state index in [2.05, 4.69) is 10.2 Å². The molecule has 3 rings (SSSR count). The number of aliphatic carboxylic acids is 1. The zero-order valence-electron chi connectivity index (χ0n) is 8.14. The van der Waals surface area contributed by atoms with Crippen molar-refractivity contribution in [1.29, 1.82) is 0 Å². The molecule has 15 heavy (non-hydrogen) atoms. The minimum Gasteiger partial charge on any atom is -0.478 e. The minimum absolute atomic E-state index is 0.364. The summed E-state index contributed by atoms with van der Waals surface area (Å²) in [5, 5.41) is 12.3. The molecular formula is C10H12N2O2S. The zero-order valence-corrected chi connectivity index (χ0v) is 8.96. The van der Waals surface area contributed by atoms with Gasteiger partial charge in [-0.25, -0.2) is 4.79 Å². The van der Waals surface area contributed by atoms with E-state index in [0.29, 0.717) is 17.1 Å². The van der Waals surface area contributed by atoms with Crippen molar-refractivity contribution in [3.63, 3.8) is 0 Å². The molecule has 0 aromatic carbocycles. The Hall–Kier alpha value is -0.780. The zero-order chi connectivity index (χ0) is 10.4. The van der Waals surface area contributed by atoms with Gasteiger partial charge in [-0.3, -0.25) is 10.2 Å². The fourth-order valence-corrected chi connectivity index (χ4v) is 3.76. The van der Waals surface area contributed by atoms with Gasteiger partial charge in [-0.15, -0.1) is 0 Å². The van der Waals surface area contributed by atoms with Crippen molar-refractivity contribution in [3.8, 4) is 0 Å². The highest BCUT2D eigenvalue weighted by molar-refractivity contribution is 8.03. The lowest BCUT2D eigenvalue weighted by Crippen LogP contribution is -2.34. The van der Waals surface area contributed by atoms with E-state index in [0.717, 1.165) is 19.5 Å². The Kier molecular flexibility index (Phi) is 2.12. The van der Waals surface area contributed by atoms with Crippen LogP contribution < -0.4 is 5.32 Å². The molecule has 80 valence electrons. The second-order valence-electron chi connectivity index (χ2n) is 3.92. The van der Waals surface area contributed by atoms with Gasteiger partial charge < -0.3 is 5.11 Å². The molecule has 0 aromatic rings. The second kappa shape index (κ2) is 3.37. The first-order chi connectivity index (χ1) is 7.25. The van der Waals surface area contributed by atoms with Crippen molar-refractivity contribution in [2.24, 2.45) is 0 Å². The predicted octanol–water partition coefficient (Wildman–Crippen LogP) is 0.589. The number of nitrogens with one attached hydrogen (secondary N) is 1. The molecule has 2 atom stereocenters. The molecule has 2 unspecified atom stereocenters.